The Morgan fingerprint density at radius 3 is 2.67 bits per heavy atom. The second-order valence-electron chi connectivity index (χ2n) is 6.20. The van der Waals surface area contributed by atoms with E-state index in [2.05, 4.69) is 6.92 Å². The summed E-state index contributed by atoms with van der Waals surface area (Å²) in [5.74, 6) is 0.688. The van der Waals surface area contributed by atoms with Gasteiger partial charge in [-0.2, -0.15) is 13.2 Å². The minimum absolute atomic E-state index is 0.0822. The predicted octanol–water partition coefficient (Wildman–Crippen LogP) is 4.83. The highest BCUT2D eigenvalue weighted by Gasteiger charge is 2.32. The van der Waals surface area contributed by atoms with Gasteiger partial charge in [0, 0.05) is 0 Å². The first-order chi connectivity index (χ1) is 9.90. The van der Waals surface area contributed by atoms with E-state index >= 15 is 0 Å². The van der Waals surface area contributed by atoms with Gasteiger partial charge in [-0.3, -0.25) is 0 Å². The Kier molecular flexibility index (Phi) is 5.31. The van der Waals surface area contributed by atoms with Gasteiger partial charge in [-0.15, -0.1) is 0 Å². The Morgan fingerprint density at radius 1 is 1.24 bits per heavy atom. The summed E-state index contributed by atoms with van der Waals surface area (Å²) in [7, 11) is 0. The molecular weight excluding hydrogens is 277 g/mol. The summed E-state index contributed by atoms with van der Waals surface area (Å²) in [6, 6.07) is 5.50. The molecule has 118 valence electrons. The van der Waals surface area contributed by atoms with E-state index in [9.17, 15) is 18.3 Å². The monoisotopic (exact) mass is 300 g/mol. The van der Waals surface area contributed by atoms with Crippen molar-refractivity contribution in [2.24, 2.45) is 11.8 Å². The minimum atomic E-state index is -4.30. The van der Waals surface area contributed by atoms with E-state index in [1.54, 1.807) is 6.07 Å². The van der Waals surface area contributed by atoms with Crippen molar-refractivity contribution < 1.29 is 18.3 Å². The van der Waals surface area contributed by atoms with Gasteiger partial charge in [-0.25, -0.2) is 0 Å². The smallest absolute Gasteiger partial charge is 0.393 e. The topological polar surface area (TPSA) is 20.2 Å². The molecule has 0 amide bonds. The normalized spacial score (nSPS) is 26.8. The number of benzene rings is 1. The molecule has 0 saturated heterocycles. The van der Waals surface area contributed by atoms with E-state index in [0.29, 0.717) is 17.9 Å². The van der Waals surface area contributed by atoms with Gasteiger partial charge in [0.25, 0.3) is 0 Å². The van der Waals surface area contributed by atoms with Crippen LogP contribution in [-0.4, -0.2) is 11.2 Å². The van der Waals surface area contributed by atoms with E-state index in [1.165, 1.54) is 12.1 Å². The molecule has 0 radical (unpaired) electrons. The number of aliphatic hydroxyl groups excluding tert-OH is 1. The molecule has 0 bridgehead atoms. The Hall–Kier alpha value is -1.03. The number of aliphatic hydroxyl groups is 1. The first kappa shape index (κ1) is 16.3. The maximum Gasteiger partial charge on any atom is 0.416 e. The lowest BCUT2D eigenvalue weighted by Crippen LogP contribution is -2.30. The average molecular weight is 300 g/mol. The van der Waals surface area contributed by atoms with Crippen molar-refractivity contribution in [3.8, 4) is 0 Å². The zero-order valence-electron chi connectivity index (χ0n) is 12.4. The predicted molar refractivity (Wildman–Crippen MR) is 76.9 cm³/mol. The molecule has 1 aromatic carbocycles. The molecule has 1 aliphatic rings. The van der Waals surface area contributed by atoms with Gasteiger partial charge < -0.3 is 5.11 Å². The second-order valence-corrected chi connectivity index (χ2v) is 6.20. The van der Waals surface area contributed by atoms with Gasteiger partial charge >= 0.3 is 6.18 Å². The fourth-order valence-corrected chi connectivity index (χ4v) is 3.41. The molecule has 1 aromatic rings. The molecule has 1 saturated carbocycles. The Labute approximate surface area is 124 Å². The molecule has 3 atom stereocenters. The van der Waals surface area contributed by atoms with Crippen LogP contribution in [0, 0.1) is 11.8 Å². The third-order valence-corrected chi connectivity index (χ3v) is 4.50. The fraction of sp³-hybridized carbons (Fsp3) is 0.647. The van der Waals surface area contributed by atoms with Crippen LogP contribution in [0.4, 0.5) is 13.2 Å². The van der Waals surface area contributed by atoms with Crippen molar-refractivity contribution in [2.75, 3.05) is 0 Å². The molecule has 0 heterocycles. The first-order valence-electron chi connectivity index (χ1n) is 7.74. The van der Waals surface area contributed by atoms with Crippen LogP contribution in [0.15, 0.2) is 24.3 Å². The Morgan fingerprint density at radius 2 is 2.00 bits per heavy atom. The summed E-state index contributed by atoms with van der Waals surface area (Å²) in [6.45, 7) is 2.15. The fourth-order valence-electron chi connectivity index (χ4n) is 3.41. The maximum atomic E-state index is 12.7. The number of hydrogen-bond acceptors (Lipinski definition) is 1. The molecule has 0 spiro atoms. The molecule has 2 rings (SSSR count). The quantitative estimate of drug-likeness (QED) is 0.844. The van der Waals surface area contributed by atoms with Crippen molar-refractivity contribution >= 4 is 0 Å². The Bertz CT molecular complexity index is 456. The van der Waals surface area contributed by atoms with Crippen LogP contribution in [-0.2, 0) is 12.6 Å². The molecule has 3 unspecified atom stereocenters. The first-order valence-corrected chi connectivity index (χ1v) is 7.74. The highest BCUT2D eigenvalue weighted by atomic mass is 19.4. The molecule has 4 heteroatoms. The van der Waals surface area contributed by atoms with Crippen LogP contribution in [0.2, 0.25) is 0 Å². The summed E-state index contributed by atoms with van der Waals surface area (Å²) >= 11 is 0. The maximum absolute atomic E-state index is 12.7. The van der Waals surface area contributed by atoms with E-state index in [1.807, 2.05) is 0 Å². The third-order valence-electron chi connectivity index (χ3n) is 4.50. The molecule has 1 fully saturated rings. The molecule has 21 heavy (non-hydrogen) atoms. The lowest BCUT2D eigenvalue weighted by atomic mass is 9.75. The molecule has 0 aromatic heterocycles. The summed E-state index contributed by atoms with van der Waals surface area (Å²) in [6.07, 6.45) is 0.848. The van der Waals surface area contributed by atoms with E-state index in [-0.39, 0.29) is 12.0 Å². The van der Waals surface area contributed by atoms with Crippen molar-refractivity contribution in [1.29, 1.82) is 0 Å². The van der Waals surface area contributed by atoms with Crippen molar-refractivity contribution in [1.82, 2.24) is 0 Å². The van der Waals surface area contributed by atoms with Gasteiger partial charge in [-0.05, 0) is 49.1 Å². The van der Waals surface area contributed by atoms with Gasteiger partial charge in [0.2, 0.25) is 0 Å². The van der Waals surface area contributed by atoms with E-state index in [4.69, 9.17) is 0 Å². The minimum Gasteiger partial charge on any atom is -0.393 e. The summed E-state index contributed by atoms with van der Waals surface area (Å²) < 4.78 is 38.2. The number of rotatable bonds is 4. The summed E-state index contributed by atoms with van der Waals surface area (Å²) in [5, 5.41) is 10.1. The lowest BCUT2D eigenvalue weighted by Gasteiger charge is -2.33. The third kappa shape index (κ3) is 4.47. The molecule has 0 aliphatic heterocycles. The molecule has 1 nitrogen and oxygen atoms in total. The van der Waals surface area contributed by atoms with E-state index < -0.39 is 11.7 Å². The van der Waals surface area contributed by atoms with Gasteiger partial charge in [0.15, 0.2) is 0 Å². The van der Waals surface area contributed by atoms with Crippen molar-refractivity contribution in [3.63, 3.8) is 0 Å². The van der Waals surface area contributed by atoms with E-state index in [0.717, 1.165) is 38.2 Å². The number of hydrogen-bond donors (Lipinski definition) is 1. The van der Waals surface area contributed by atoms with Crippen LogP contribution < -0.4 is 0 Å². The SMILES string of the molecule is CCCC1CCC(O)C(Cc2cccc(C(F)(F)F)c2)C1. The van der Waals surface area contributed by atoms with Crippen molar-refractivity contribution in [3.05, 3.63) is 35.4 Å². The average Bonchev–Trinajstić information content (AvgIpc) is 2.42. The highest BCUT2D eigenvalue weighted by molar-refractivity contribution is 5.26. The second kappa shape index (κ2) is 6.82. The van der Waals surface area contributed by atoms with Gasteiger partial charge in [0.05, 0.1) is 11.7 Å². The lowest BCUT2D eigenvalue weighted by molar-refractivity contribution is -0.137. The Balaban J connectivity index is 2.06. The standard InChI is InChI=1S/C17H23F3O/c1-2-4-12-7-8-16(21)14(9-12)10-13-5-3-6-15(11-13)17(18,19)20/h3,5-6,11-12,14,16,21H,2,4,7-10H2,1H3. The number of alkyl halides is 3. The van der Waals surface area contributed by atoms with Crippen LogP contribution in [0.25, 0.3) is 0 Å². The number of halogens is 3. The van der Waals surface area contributed by atoms with Crippen molar-refractivity contribution in [2.45, 2.75) is 57.7 Å². The van der Waals surface area contributed by atoms with Crippen LogP contribution >= 0.6 is 0 Å². The van der Waals surface area contributed by atoms with Crippen LogP contribution in [0.5, 0.6) is 0 Å². The largest absolute Gasteiger partial charge is 0.416 e. The van der Waals surface area contributed by atoms with Gasteiger partial charge in [0.1, 0.15) is 0 Å². The van der Waals surface area contributed by atoms with Gasteiger partial charge in [-0.1, -0.05) is 38.0 Å². The van der Waals surface area contributed by atoms with Crippen LogP contribution in [0.1, 0.15) is 50.2 Å². The zero-order valence-corrected chi connectivity index (χ0v) is 12.4. The molecule has 1 aliphatic carbocycles. The zero-order chi connectivity index (χ0) is 15.5. The van der Waals surface area contributed by atoms with Crippen LogP contribution in [0.3, 0.4) is 0 Å². The summed E-state index contributed by atoms with van der Waals surface area (Å²) in [5.41, 5.74) is 0.0708. The molecule has 1 N–H and O–H groups in total. The highest BCUT2D eigenvalue weighted by Crippen LogP contribution is 2.35. The molecular formula is C17H23F3O. The summed E-state index contributed by atoms with van der Waals surface area (Å²) in [4.78, 5) is 0.